The van der Waals surface area contributed by atoms with Crippen molar-refractivity contribution in [3.05, 3.63) is 72.3 Å². The molecule has 8 heteroatoms. The number of aromatic nitrogens is 2. The van der Waals surface area contributed by atoms with Crippen LogP contribution in [-0.2, 0) is 13.1 Å². The zero-order valence-electron chi connectivity index (χ0n) is 12.8. The molecule has 0 saturated carbocycles. The zero-order valence-corrected chi connectivity index (χ0v) is 16.0. The Kier molecular flexibility index (Phi) is 11.3. The van der Waals surface area contributed by atoms with E-state index in [-0.39, 0.29) is 34.0 Å². The number of pyridine rings is 2. The fourth-order valence-electron chi connectivity index (χ4n) is 1.93. The van der Waals surface area contributed by atoms with Gasteiger partial charge in [0.25, 0.3) is 0 Å². The van der Waals surface area contributed by atoms with Crippen molar-refractivity contribution in [3.8, 4) is 0 Å². The Labute approximate surface area is 161 Å². The van der Waals surface area contributed by atoms with E-state index in [0.717, 1.165) is 24.2 Å². The number of hydrogen-bond acceptors (Lipinski definition) is 4. The lowest BCUT2D eigenvalue weighted by atomic mass is 10.3. The van der Waals surface area contributed by atoms with Crippen molar-refractivity contribution in [2.45, 2.75) is 13.1 Å². The van der Waals surface area contributed by atoms with Crippen LogP contribution < -0.4 is 43.1 Å². The molecule has 128 valence electrons. The van der Waals surface area contributed by atoms with Gasteiger partial charge in [-0.3, -0.25) is 0 Å². The van der Waals surface area contributed by atoms with E-state index in [9.17, 15) is 0 Å². The van der Waals surface area contributed by atoms with E-state index in [0.29, 0.717) is 0 Å². The SMILES string of the molecule is O/N=C/c1cc[n+](C/C=C\C[n+]2cccc(/C=N/O)c2)cc1.[Br-].[Br-]. The molecule has 0 bridgehead atoms. The number of hydrogen-bond donors (Lipinski definition) is 2. The molecule has 0 aliphatic rings. The summed E-state index contributed by atoms with van der Waals surface area (Å²) < 4.78 is 4.02. The average Bonchev–Trinajstić information content (AvgIpc) is 2.54. The molecule has 0 aromatic carbocycles. The first-order valence-electron chi connectivity index (χ1n) is 6.80. The molecule has 2 rings (SSSR count). The summed E-state index contributed by atoms with van der Waals surface area (Å²) in [5.41, 5.74) is 1.69. The third-order valence-corrected chi connectivity index (χ3v) is 3.01. The maximum atomic E-state index is 8.53. The number of oxime groups is 2. The normalized spacial score (nSPS) is 10.8. The Bertz CT molecular complexity index is 689. The van der Waals surface area contributed by atoms with Crippen molar-refractivity contribution < 1.29 is 53.5 Å². The summed E-state index contributed by atoms with van der Waals surface area (Å²) in [7, 11) is 0. The van der Waals surface area contributed by atoms with E-state index in [2.05, 4.69) is 22.5 Å². The molecule has 2 aromatic heterocycles. The van der Waals surface area contributed by atoms with Crippen LogP contribution in [0.25, 0.3) is 0 Å². The topological polar surface area (TPSA) is 72.9 Å². The zero-order chi connectivity index (χ0) is 15.6. The minimum absolute atomic E-state index is 0. The van der Waals surface area contributed by atoms with Crippen LogP contribution in [0.1, 0.15) is 11.1 Å². The van der Waals surface area contributed by atoms with Gasteiger partial charge in [-0.1, -0.05) is 10.3 Å². The molecule has 0 fully saturated rings. The predicted octanol–water partition coefficient (Wildman–Crippen LogP) is -4.86. The molecule has 0 aliphatic heterocycles. The van der Waals surface area contributed by atoms with Crippen molar-refractivity contribution in [1.29, 1.82) is 0 Å². The molecule has 24 heavy (non-hydrogen) atoms. The third-order valence-electron chi connectivity index (χ3n) is 3.01. The van der Waals surface area contributed by atoms with Crippen molar-refractivity contribution in [3.63, 3.8) is 0 Å². The van der Waals surface area contributed by atoms with Crippen LogP contribution in [0.15, 0.2) is 71.5 Å². The van der Waals surface area contributed by atoms with E-state index in [1.807, 2.05) is 58.2 Å². The summed E-state index contributed by atoms with van der Waals surface area (Å²) in [6.07, 6.45) is 14.6. The number of rotatable bonds is 6. The second kappa shape index (κ2) is 12.4. The molecule has 0 radical (unpaired) electrons. The largest absolute Gasteiger partial charge is 1.00 e. The van der Waals surface area contributed by atoms with Crippen LogP contribution in [0.3, 0.4) is 0 Å². The highest BCUT2D eigenvalue weighted by Gasteiger charge is 2.00. The van der Waals surface area contributed by atoms with E-state index in [4.69, 9.17) is 10.4 Å². The minimum Gasteiger partial charge on any atom is -1.00 e. The Morgan fingerprint density at radius 3 is 2.00 bits per heavy atom. The van der Waals surface area contributed by atoms with Crippen LogP contribution in [-0.4, -0.2) is 22.8 Å². The van der Waals surface area contributed by atoms with E-state index in [1.54, 1.807) is 0 Å². The second-order valence-electron chi connectivity index (χ2n) is 4.62. The molecule has 2 heterocycles. The second-order valence-corrected chi connectivity index (χ2v) is 4.62. The predicted molar refractivity (Wildman–Crippen MR) is 81.2 cm³/mol. The van der Waals surface area contributed by atoms with E-state index >= 15 is 0 Å². The maximum Gasteiger partial charge on any atom is 0.178 e. The van der Waals surface area contributed by atoms with E-state index in [1.165, 1.54) is 12.4 Å². The first-order chi connectivity index (χ1) is 10.8. The van der Waals surface area contributed by atoms with Crippen molar-refractivity contribution in [1.82, 2.24) is 0 Å². The molecular weight excluding hydrogens is 440 g/mol. The number of halogens is 2. The lowest BCUT2D eigenvalue weighted by molar-refractivity contribution is -0.691. The molecule has 0 aliphatic carbocycles. The van der Waals surface area contributed by atoms with Gasteiger partial charge in [-0.25, -0.2) is 9.13 Å². The van der Waals surface area contributed by atoms with Crippen molar-refractivity contribution in [2.24, 2.45) is 10.3 Å². The molecule has 0 spiro atoms. The van der Waals surface area contributed by atoms with Gasteiger partial charge in [0.15, 0.2) is 37.9 Å². The van der Waals surface area contributed by atoms with Crippen LogP contribution in [0.2, 0.25) is 0 Å². The van der Waals surface area contributed by atoms with Gasteiger partial charge < -0.3 is 44.4 Å². The summed E-state index contributed by atoms with van der Waals surface area (Å²) in [6, 6.07) is 7.52. The highest BCUT2D eigenvalue weighted by atomic mass is 79.9. The summed E-state index contributed by atoms with van der Waals surface area (Å²) in [5, 5.41) is 23.0. The van der Waals surface area contributed by atoms with Gasteiger partial charge in [-0.15, -0.1) is 0 Å². The van der Waals surface area contributed by atoms with Crippen molar-refractivity contribution >= 4 is 12.4 Å². The van der Waals surface area contributed by atoms with Gasteiger partial charge in [0.2, 0.25) is 0 Å². The van der Waals surface area contributed by atoms with Crippen LogP contribution in [0.4, 0.5) is 0 Å². The molecule has 0 unspecified atom stereocenters. The van der Waals surface area contributed by atoms with Gasteiger partial charge in [0, 0.05) is 23.8 Å². The molecular formula is C16H18Br2N4O2. The summed E-state index contributed by atoms with van der Waals surface area (Å²) in [5.74, 6) is 0. The van der Waals surface area contributed by atoms with Crippen LogP contribution in [0, 0.1) is 0 Å². The molecule has 0 amide bonds. The average molecular weight is 458 g/mol. The Hall–Kier alpha value is -2.06. The standard InChI is InChI=1S/C16H16N4O2.2BrH/c21-17-12-15-5-10-19(11-6-15)7-1-2-8-20-9-3-4-16(14-20)13-18-22;;/h1-6,9-14H,7-8H2;2*1H/b2-1-,18-13+;;. The van der Waals surface area contributed by atoms with Gasteiger partial charge in [-0.2, -0.15) is 0 Å². The molecule has 0 atom stereocenters. The lowest BCUT2D eigenvalue weighted by Gasteiger charge is -1.94. The fraction of sp³-hybridized carbons (Fsp3) is 0.125. The van der Waals surface area contributed by atoms with Gasteiger partial charge in [-0.05, 0) is 18.2 Å². The Morgan fingerprint density at radius 1 is 0.792 bits per heavy atom. The number of allylic oxidation sites excluding steroid dienone is 2. The third kappa shape index (κ3) is 7.47. The lowest BCUT2D eigenvalue weighted by Crippen LogP contribution is -3.00. The minimum atomic E-state index is 0. The fourth-order valence-corrected chi connectivity index (χ4v) is 1.93. The maximum absolute atomic E-state index is 8.53. The first-order valence-corrected chi connectivity index (χ1v) is 6.80. The molecule has 6 nitrogen and oxygen atoms in total. The highest BCUT2D eigenvalue weighted by molar-refractivity contribution is 5.78. The summed E-state index contributed by atoms with van der Waals surface area (Å²) in [6.45, 7) is 1.50. The monoisotopic (exact) mass is 456 g/mol. The Balaban J connectivity index is 0.00000264. The highest BCUT2D eigenvalue weighted by Crippen LogP contribution is 1.91. The Morgan fingerprint density at radius 2 is 1.38 bits per heavy atom. The smallest absolute Gasteiger partial charge is 0.178 e. The van der Waals surface area contributed by atoms with Gasteiger partial charge in [0.05, 0.1) is 18.0 Å². The molecule has 0 saturated heterocycles. The van der Waals surface area contributed by atoms with Crippen LogP contribution in [0.5, 0.6) is 0 Å². The van der Waals surface area contributed by atoms with Crippen LogP contribution >= 0.6 is 0 Å². The molecule has 2 N–H and O–H groups in total. The van der Waals surface area contributed by atoms with E-state index < -0.39 is 0 Å². The summed E-state index contributed by atoms with van der Waals surface area (Å²) >= 11 is 0. The quantitative estimate of drug-likeness (QED) is 0.150. The van der Waals surface area contributed by atoms with Gasteiger partial charge in [0.1, 0.15) is 0 Å². The van der Waals surface area contributed by atoms with Gasteiger partial charge >= 0.3 is 0 Å². The van der Waals surface area contributed by atoms with Crippen molar-refractivity contribution in [2.75, 3.05) is 0 Å². The molecule has 2 aromatic rings. The number of nitrogens with zero attached hydrogens (tertiary/aromatic N) is 4. The first kappa shape index (κ1) is 21.9. The summed E-state index contributed by atoms with van der Waals surface area (Å²) in [4.78, 5) is 0.